The zero-order valence-corrected chi connectivity index (χ0v) is 12.7. The van der Waals surface area contributed by atoms with Crippen LogP contribution in [0.15, 0.2) is 18.2 Å². The fraction of sp³-hybridized carbons (Fsp3) is 0.500. The Morgan fingerprint density at radius 3 is 2.53 bits per heavy atom. The predicted molar refractivity (Wildman–Crippen MR) is 81.8 cm³/mol. The van der Waals surface area contributed by atoms with Gasteiger partial charge in [-0.2, -0.15) is 0 Å². The molecule has 1 rings (SSSR count). The van der Waals surface area contributed by atoms with Crippen LogP contribution in [-0.2, 0) is 4.79 Å². The Bertz CT molecular complexity index is 446. The molecule has 1 atom stereocenters. The number of carbonyl (C=O) groups excluding carboxylic acids is 1. The summed E-state index contributed by atoms with van der Waals surface area (Å²) in [6, 6.07) is 4.93. The molecule has 0 aromatic heterocycles. The van der Waals surface area contributed by atoms with Crippen molar-refractivity contribution in [2.75, 3.05) is 24.3 Å². The highest BCUT2D eigenvalue weighted by Gasteiger charge is 2.15. The average molecular weight is 284 g/mol. The van der Waals surface area contributed by atoms with E-state index in [-0.39, 0.29) is 5.91 Å². The van der Waals surface area contributed by atoms with Gasteiger partial charge in [-0.15, -0.1) is 0 Å². The molecule has 0 bridgehead atoms. The average Bonchev–Trinajstić information content (AvgIpc) is 2.27. The number of nitrogens with two attached hydrogens (primary N) is 1. The summed E-state index contributed by atoms with van der Waals surface area (Å²) in [7, 11) is 3.83. The molecule has 1 amide bonds. The van der Waals surface area contributed by atoms with Gasteiger partial charge >= 0.3 is 0 Å². The molecule has 1 aromatic rings. The summed E-state index contributed by atoms with van der Waals surface area (Å²) in [5, 5.41) is 3.38. The third kappa shape index (κ3) is 4.73. The molecule has 0 aliphatic carbocycles. The van der Waals surface area contributed by atoms with Crippen molar-refractivity contribution in [3.8, 4) is 0 Å². The van der Waals surface area contributed by atoms with Crippen molar-refractivity contribution >= 4 is 28.9 Å². The first-order valence-electron chi connectivity index (χ1n) is 6.34. The van der Waals surface area contributed by atoms with E-state index in [0.29, 0.717) is 23.0 Å². The van der Waals surface area contributed by atoms with Gasteiger partial charge in [0.05, 0.1) is 16.8 Å². The van der Waals surface area contributed by atoms with Gasteiger partial charge in [0.2, 0.25) is 5.91 Å². The van der Waals surface area contributed by atoms with Crippen LogP contribution in [0.1, 0.15) is 20.3 Å². The molecule has 0 spiro atoms. The van der Waals surface area contributed by atoms with E-state index in [0.717, 1.165) is 5.69 Å². The number of anilines is 2. The van der Waals surface area contributed by atoms with Crippen LogP contribution in [0.25, 0.3) is 0 Å². The summed E-state index contributed by atoms with van der Waals surface area (Å²) in [6.07, 6.45) is 0.662. The van der Waals surface area contributed by atoms with E-state index in [1.807, 2.05) is 45.0 Å². The second-order valence-corrected chi connectivity index (χ2v) is 5.69. The molecule has 0 heterocycles. The predicted octanol–water partition coefficient (Wildman–Crippen LogP) is 2.72. The minimum absolute atomic E-state index is 0.178. The lowest BCUT2D eigenvalue weighted by Crippen LogP contribution is -2.36. The van der Waals surface area contributed by atoms with Crippen LogP contribution in [0, 0.1) is 5.92 Å². The summed E-state index contributed by atoms with van der Waals surface area (Å²) < 4.78 is 0. The van der Waals surface area contributed by atoms with Gasteiger partial charge in [-0.3, -0.25) is 4.79 Å². The monoisotopic (exact) mass is 283 g/mol. The zero-order valence-electron chi connectivity index (χ0n) is 11.9. The van der Waals surface area contributed by atoms with Gasteiger partial charge in [0.1, 0.15) is 0 Å². The van der Waals surface area contributed by atoms with E-state index in [4.69, 9.17) is 17.3 Å². The number of amides is 1. The summed E-state index contributed by atoms with van der Waals surface area (Å²) in [4.78, 5) is 13.8. The number of carbonyl (C=O) groups is 1. The van der Waals surface area contributed by atoms with Crippen LogP contribution in [0.5, 0.6) is 0 Å². The van der Waals surface area contributed by atoms with Gasteiger partial charge in [-0.1, -0.05) is 25.4 Å². The smallest absolute Gasteiger partial charge is 0.241 e. The van der Waals surface area contributed by atoms with Crippen molar-refractivity contribution in [2.24, 2.45) is 11.7 Å². The van der Waals surface area contributed by atoms with Crippen LogP contribution >= 0.6 is 11.6 Å². The van der Waals surface area contributed by atoms with Crippen LogP contribution in [0.4, 0.5) is 11.4 Å². The van der Waals surface area contributed by atoms with E-state index in [9.17, 15) is 4.79 Å². The lowest BCUT2D eigenvalue weighted by Gasteiger charge is -2.17. The highest BCUT2D eigenvalue weighted by atomic mass is 35.5. The second-order valence-electron chi connectivity index (χ2n) is 5.29. The van der Waals surface area contributed by atoms with Crippen LogP contribution in [0.2, 0.25) is 5.02 Å². The fourth-order valence-electron chi connectivity index (χ4n) is 1.80. The molecular formula is C14H22ClN3O. The van der Waals surface area contributed by atoms with E-state index in [1.165, 1.54) is 0 Å². The van der Waals surface area contributed by atoms with Crippen molar-refractivity contribution in [3.05, 3.63) is 23.2 Å². The highest BCUT2D eigenvalue weighted by Crippen LogP contribution is 2.27. The molecule has 0 aliphatic rings. The lowest BCUT2D eigenvalue weighted by molar-refractivity contribution is -0.117. The van der Waals surface area contributed by atoms with Gasteiger partial charge in [-0.25, -0.2) is 0 Å². The number of nitrogens with zero attached hydrogens (tertiary/aromatic N) is 1. The van der Waals surface area contributed by atoms with Crippen molar-refractivity contribution < 1.29 is 4.79 Å². The van der Waals surface area contributed by atoms with E-state index < -0.39 is 6.04 Å². The van der Waals surface area contributed by atoms with Crippen LogP contribution < -0.4 is 16.0 Å². The largest absolute Gasteiger partial charge is 0.376 e. The lowest BCUT2D eigenvalue weighted by atomic mass is 10.0. The van der Waals surface area contributed by atoms with E-state index >= 15 is 0 Å². The molecule has 1 aromatic carbocycles. The Balaban J connectivity index is 2.72. The molecule has 0 saturated heterocycles. The minimum atomic E-state index is -0.493. The third-order valence-corrected chi connectivity index (χ3v) is 3.06. The number of halogens is 1. The first-order valence-corrected chi connectivity index (χ1v) is 6.72. The van der Waals surface area contributed by atoms with Crippen molar-refractivity contribution in [3.63, 3.8) is 0 Å². The molecule has 0 aliphatic heterocycles. The molecule has 0 radical (unpaired) electrons. The van der Waals surface area contributed by atoms with E-state index in [1.54, 1.807) is 6.07 Å². The van der Waals surface area contributed by atoms with Crippen LogP contribution in [0.3, 0.4) is 0 Å². The maximum absolute atomic E-state index is 11.9. The third-order valence-electron chi connectivity index (χ3n) is 2.76. The van der Waals surface area contributed by atoms with Gasteiger partial charge < -0.3 is 16.0 Å². The van der Waals surface area contributed by atoms with Gasteiger partial charge in [0, 0.05) is 19.8 Å². The first kappa shape index (κ1) is 15.8. The maximum atomic E-state index is 11.9. The van der Waals surface area contributed by atoms with Crippen molar-refractivity contribution in [1.82, 2.24) is 0 Å². The first-order chi connectivity index (χ1) is 8.81. The zero-order chi connectivity index (χ0) is 14.6. The number of hydrogen-bond acceptors (Lipinski definition) is 3. The SMILES string of the molecule is CC(C)CC(N)C(=O)Nc1ccc(N(C)C)c(Cl)c1. The number of hydrogen-bond donors (Lipinski definition) is 2. The van der Waals surface area contributed by atoms with Gasteiger partial charge in [-0.05, 0) is 30.5 Å². The van der Waals surface area contributed by atoms with E-state index in [2.05, 4.69) is 5.32 Å². The standard InChI is InChI=1S/C14H22ClN3O/c1-9(2)7-12(16)14(19)17-10-5-6-13(18(3)4)11(15)8-10/h5-6,8-9,12H,7,16H2,1-4H3,(H,17,19). The second kappa shape index (κ2) is 6.78. The minimum Gasteiger partial charge on any atom is -0.376 e. The summed E-state index contributed by atoms with van der Waals surface area (Å²) in [5.41, 5.74) is 7.40. The maximum Gasteiger partial charge on any atom is 0.241 e. The summed E-state index contributed by atoms with van der Waals surface area (Å²) in [5.74, 6) is 0.211. The van der Waals surface area contributed by atoms with Crippen molar-refractivity contribution in [2.45, 2.75) is 26.3 Å². The number of rotatable bonds is 5. The molecule has 0 saturated carbocycles. The molecule has 1 unspecified atom stereocenters. The Morgan fingerprint density at radius 1 is 1.42 bits per heavy atom. The molecule has 5 heteroatoms. The van der Waals surface area contributed by atoms with Crippen molar-refractivity contribution in [1.29, 1.82) is 0 Å². The number of benzene rings is 1. The Kier molecular flexibility index (Phi) is 5.63. The van der Waals surface area contributed by atoms with Gasteiger partial charge in [0.25, 0.3) is 0 Å². The highest BCUT2D eigenvalue weighted by molar-refractivity contribution is 6.33. The van der Waals surface area contributed by atoms with Crippen LogP contribution in [-0.4, -0.2) is 26.0 Å². The quantitative estimate of drug-likeness (QED) is 0.873. The fourth-order valence-corrected chi connectivity index (χ4v) is 2.15. The Hall–Kier alpha value is -1.26. The molecular weight excluding hydrogens is 262 g/mol. The summed E-state index contributed by atoms with van der Waals surface area (Å²) >= 11 is 6.15. The van der Waals surface area contributed by atoms with Gasteiger partial charge in [0.15, 0.2) is 0 Å². The Morgan fingerprint density at radius 2 is 2.05 bits per heavy atom. The molecule has 3 N–H and O–H groups in total. The molecule has 106 valence electrons. The molecule has 4 nitrogen and oxygen atoms in total. The number of nitrogens with one attached hydrogen (secondary N) is 1. The summed E-state index contributed by atoms with van der Waals surface area (Å²) in [6.45, 7) is 4.08. The normalized spacial score (nSPS) is 12.4. The topological polar surface area (TPSA) is 58.4 Å². The molecule has 19 heavy (non-hydrogen) atoms. The molecule has 0 fully saturated rings. The Labute approximate surface area is 119 Å².